The molecule has 0 radical (unpaired) electrons. The van der Waals surface area contributed by atoms with E-state index in [-0.39, 0.29) is 0 Å². The van der Waals surface area contributed by atoms with Crippen molar-refractivity contribution in [1.29, 1.82) is 0 Å². The number of rotatable bonds is 11. The van der Waals surface area contributed by atoms with E-state index >= 15 is 0 Å². The summed E-state index contributed by atoms with van der Waals surface area (Å²) in [5, 5.41) is 0. The van der Waals surface area contributed by atoms with Crippen LogP contribution in [0.1, 0.15) is 70.5 Å². The lowest BCUT2D eigenvalue weighted by Gasteiger charge is -2.03. The number of aromatic nitrogens is 2. The average Bonchev–Trinajstić information content (AvgIpc) is 2.95. The minimum Gasteiger partial charge on any atom is -0.234 e. The van der Waals surface area contributed by atoms with E-state index in [1.807, 2.05) is 0 Å². The van der Waals surface area contributed by atoms with Gasteiger partial charge < -0.3 is 0 Å². The van der Waals surface area contributed by atoms with Gasteiger partial charge in [0.2, 0.25) is 0 Å². The second kappa shape index (κ2) is 10.3. The number of hydrogen-bond donors (Lipinski definition) is 0. The summed E-state index contributed by atoms with van der Waals surface area (Å²) >= 11 is 0. The van der Waals surface area contributed by atoms with Crippen LogP contribution in [0.4, 0.5) is 0 Å². The molecule has 0 aliphatic rings. The molecule has 23 heavy (non-hydrogen) atoms. The SMILES string of the molecule is CCCCCCCCCCC[n+]1ccn(-c2ccccc2)c1C. The fraction of sp³-hybridized carbons (Fsp3) is 0.571. The van der Waals surface area contributed by atoms with E-state index < -0.39 is 0 Å². The molecule has 2 nitrogen and oxygen atoms in total. The zero-order valence-electron chi connectivity index (χ0n) is 15.0. The summed E-state index contributed by atoms with van der Waals surface area (Å²) in [6.45, 7) is 5.63. The van der Waals surface area contributed by atoms with Crippen LogP contribution in [-0.4, -0.2) is 4.57 Å². The molecule has 0 saturated carbocycles. The molecule has 2 rings (SSSR count). The van der Waals surface area contributed by atoms with Crippen molar-refractivity contribution in [1.82, 2.24) is 4.57 Å². The molecule has 0 fully saturated rings. The summed E-state index contributed by atoms with van der Waals surface area (Å²) in [5.74, 6) is 1.32. The Kier molecular flexibility index (Phi) is 7.92. The highest BCUT2D eigenvalue weighted by Crippen LogP contribution is 2.11. The summed E-state index contributed by atoms with van der Waals surface area (Å²) in [5.41, 5.74) is 1.25. The van der Waals surface area contributed by atoms with Crippen LogP contribution in [-0.2, 0) is 6.54 Å². The molecule has 2 heteroatoms. The highest BCUT2D eigenvalue weighted by atomic mass is 15.1. The lowest BCUT2D eigenvalue weighted by atomic mass is 10.1. The smallest absolute Gasteiger partial charge is 0.234 e. The van der Waals surface area contributed by atoms with Gasteiger partial charge >= 0.3 is 0 Å². The van der Waals surface area contributed by atoms with Gasteiger partial charge in [-0.15, -0.1) is 0 Å². The standard InChI is InChI=1S/C21H33N2/c1-3-4-5-6-7-8-9-10-14-17-22-18-19-23(20(22)2)21-15-12-11-13-16-21/h11-13,15-16,18-19H,3-10,14,17H2,1-2H3/q+1. The second-order valence-corrected chi connectivity index (χ2v) is 6.57. The van der Waals surface area contributed by atoms with Gasteiger partial charge in [0.25, 0.3) is 5.82 Å². The number of benzene rings is 1. The van der Waals surface area contributed by atoms with Crippen LogP contribution in [0.3, 0.4) is 0 Å². The van der Waals surface area contributed by atoms with Gasteiger partial charge in [-0.05, 0) is 25.0 Å². The number of nitrogens with zero attached hydrogens (tertiary/aromatic N) is 2. The highest BCUT2D eigenvalue weighted by molar-refractivity contribution is 5.31. The maximum atomic E-state index is 2.38. The molecule has 2 aromatic rings. The maximum absolute atomic E-state index is 2.38. The minimum absolute atomic E-state index is 1.14. The Labute approximate surface area is 142 Å². The Morgan fingerprint density at radius 3 is 2.09 bits per heavy atom. The van der Waals surface area contributed by atoms with Crippen molar-refractivity contribution in [3.8, 4) is 5.69 Å². The topological polar surface area (TPSA) is 8.81 Å². The molecule has 0 aliphatic carbocycles. The largest absolute Gasteiger partial charge is 0.258 e. The van der Waals surface area contributed by atoms with E-state index in [1.54, 1.807) is 0 Å². The highest BCUT2D eigenvalue weighted by Gasteiger charge is 2.13. The molecule has 126 valence electrons. The van der Waals surface area contributed by atoms with Gasteiger partial charge in [-0.3, -0.25) is 0 Å². The van der Waals surface area contributed by atoms with Crippen LogP contribution < -0.4 is 4.57 Å². The molecule has 1 heterocycles. The van der Waals surface area contributed by atoms with E-state index in [1.165, 1.54) is 69.3 Å². The third kappa shape index (κ3) is 5.85. The van der Waals surface area contributed by atoms with Crippen LogP contribution >= 0.6 is 0 Å². The summed E-state index contributed by atoms with van der Waals surface area (Å²) < 4.78 is 4.65. The third-order valence-electron chi connectivity index (χ3n) is 4.70. The van der Waals surface area contributed by atoms with E-state index in [4.69, 9.17) is 0 Å². The first-order valence-electron chi connectivity index (χ1n) is 9.45. The van der Waals surface area contributed by atoms with Crippen molar-refractivity contribution < 1.29 is 4.57 Å². The Bertz CT molecular complexity index is 542. The number of unbranched alkanes of at least 4 members (excludes halogenated alkanes) is 8. The molecule has 0 atom stereocenters. The van der Waals surface area contributed by atoms with E-state index in [2.05, 4.69) is 65.7 Å². The number of imidazole rings is 1. The third-order valence-corrected chi connectivity index (χ3v) is 4.70. The van der Waals surface area contributed by atoms with Gasteiger partial charge in [-0.25, -0.2) is 9.13 Å². The molecule has 1 aromatic heterocycles. The second-order valence-electron chi connectivity index (χ2n) is 6.57. The molecule has 0 spiro atoms. The average molecular weight is 314 g/mol. The summed E-state index contributed by atoms with van der Waals surface area (Å²) in [4.78, 5) is 0. The van der Waals surface area contributed by atoms with Crippen molar-refractivity contribution in [3.63, 3.8) is 0 Å². The zero-order chi connectivity index (χ0) is 16.3. The Balaban J connectivity index is 1.66. The van der Waals surface area contributed by atoms with Crippen molar-refractivity contribution in [2.24, 2.45) is 0 Å². The lowest BCUT2D eigenvalue weighted by Crippen LogP contribution is -2.35. The van der Waals surface area contributed by atoms with Crippen molar-refractivity contribution in [2.45, 2.75) is 78.2 Å². The van der Waals surface area contributed by atoms with Crippen molar-refractivity contribution in [3.05, 3.63) is 48.5 Å². The van der Waals surface area contributed by atoms with Gasteiger partial charge in [0.05, 0.1) is 6.54 Å². The van der Waals surface area contributed by atoms with Gasteiger partial charge in [0.1, 0.15) is 18.1 Å². The van der Waals surface area contributed by atoms with E-state index in [9.17, 15) is 0 Å². The predicted octanol–water partition coefficient (Wildman–Crippen LogP) is 5.60. The van der Waals surface area contributed by atoms with Gasteiger partial charge in [-0.1, -0.05) is 70.1 Å². The molecule has 0 N–H and O–H groups in total. The maximum Gasteiger partial charge on any atom is 0.258 e. The lowest BCUT2D eigenvalue weighted by molar-refractivity contribution is -0.702. The monoisotopic (exact) mass is 313 g/mol. The Morgan fingerprint density at radius 1 is 0.826 bits per heavy atom. The molecular weight excluding hydrogens is 280 g/mol. The fourth-order valence-electron chi connectivity index (χ4n) is 3.19. The number of hydrogen-bond acceptors (Lipinski definition) is 0. The van der Waals surface area contributed by atoms with Crippen molar-refractivity contribution >= 4 is 0 Å². The molecule has 0 aliphatic heterocycles. The minimum atomic E-state index is 1.14. The summed E-state index contributed by atoms with van der Waals surface area (Å²) in [6, 6.07) is 10.6. The van der Waals surface area contributed by atoms with E-state index in [0.29, 0.717) is 0 Å². The zero-order valence-corrected chi connectivity index (χ0v) is 15.0. The number of para-hydroxylation sites is 1. The summed E-state index contributed by atoms with van der Waals surface area (Å²) in [7, 11) is 0. The van der Waals surface area contributed by atoms with Gasteiger partial charge in [0.15, 0.2) is 0 Å². The molecule has 1 aromatic carbocycles. The van der Waals surface area contributed by atoms with Crippen LogP contribution in [0.2, 0.25) is 0 Å². The quantitative estimate of drug-likeness (QED) is 0.377. The number of aryl methyl sites for hydroxylation is 1. The Hall–Kier alpha value is -1.57. The fourth-order valence-corrected chi connectivity index (χ4v) is 3.19. The molecule has 0 unspecified atom stereocenters. The summed E-state index contributed by atoms with van der Waals surface area (Å²) in [6.07, 6.45) is 16.9. The molecule has 0 amide bonds. The molecule has 0 saturated heterocycles. The normalized spacial score (nSPS) is 11.0. The van der Waals surface area contributed by atoms with Crippen molar-refractivity contribution in [2.75, 3.05) is 0 Å². The first kappa shape index (κ1) is 17.8. The van der Waals surface area contributed by atoms with Gasteiger partial charge in [0, 0.05) is 6.92 Å². The van der Waals surface area contributed by atoms with Crippen LogP contribution in [0, 0.1) is 6.92 Å². The predicted molar refractivity (Wildman–Crippen MR) is 97.9 cm³/mol. The Morgan fingerprint density at radius 2 is 1.43 bits per heavy atom. The molecule has 0 bridgehead atoms. The van der Waals surface area contributed by atoms with E-state index in [0.717, 1.165) is 6.54 Å². The first-order valence-corrected chi connectivity index (χ1v) is 9.45. The molecular formula is C21H33N2+. The van der Waals surface area contributed by atoms with Crippen LogP contribution in [0.5, 0.6) is 0 Å². The van der Waals surface area contributed by atoms with Crippen LogP contribution in [0.25, 0.3) is 5.69 Å². The van der Waals surface area contributed by atoms with Crippen LogP contribution in [0.15, 0.2) is 42.7 Å². The first-order chi connectivity index (χ1) is 11.3. The van der Waals surface area contributed by atoms with Gasteiger partial charge in [-0.2, -0.15) is 0 Å².